The standard InChI is InChI=1S/C13H11ClN2O4/c1-8(2)20-13(17)10(7-15)5-9-6-11(16(18)19)3-4-12(9)14/h3-6,8H,1-2H3. The third-order valence-electron chi connectivity index (χ3n) is 2.17. The van der Waals surface area contributed by atoms with Crippen molar-refractivity contribution < 1.29 is 14.5 Å². The average Bonchev–Trinajstić information content (AvgIpc) is 2.36. The summed E-state index contributed by atoms with van der Waals surface area (Å²) in [5.74, 6) is -0.801. The minimum absolute atomic E-state index is 0.185. The number of ether oxygens (including phenoxy) is 1. The second kappa shape index (κ2) is 6.68. The van der Waals surface area contributed by atoms with Gasteiger partial charge in [-0.1, -0.05) is 11.6 Å². The molecule has 1 rings (SSSR count). The van der Waals surface area contributed by atoms with E-state index in [1.807, 2.05) is 0 Å². The molecule has 0 saturated heterocycles. The fourth-order valence-corrected chi connectivity index (χ4v) is 1.50. The Labute approximate surface area is 120 Å². The van der Waals surface area contributed by atoms with Crippen LogP contribution in [0.5, 0.6) is 0 Å². The maximum Gasteiger partial charge on any atom is 0.349 e. The van der Waals surface area contributed by atoms with Crippen LogP contribution < -0.4 is 0 Å². The lowest BCUT2D eigenvalue weighted by Crippen LogP contribution is -2.12. The first-order chi connectivity index (χ1) is 9.35. The fraction of sp³-hybridized carbons (Fsp3) is 0.231. The number of nitro groups is 1. The smallest absolute Gasteiger partial charge is 0.349 e. The van der Waals surface area contributed by atoms with E-state index in [9.17, 15) is 14.9 Å². The molecule has 0 aliphatic carbocycles. The lowest BCUT2D eigenvalue weighted by molar-refractivity contribution is -0.384. The van der Waals surface area contributed by atoms with Gasteiger partial charge in [0, 0.05) is 22.7 Å². The molecular weight excluding hydrogens is 284 g/mol. The van der Waals surface area contributed by atoms with Gasteiger partial charge in [0.05, 0.1) is 11.0 Å². The number of nitro benzene ring substituents is 1. The van der Waals surface area contributed by atoms with Gasteiger partial charge in [0.1, 0.15) is 11.6 Å². The Hall–Kier alpha value is -2.39. The molecule has 0 spiro atoms. The molecule has 7 heteroatoms. The molecular formula is C13H11ClN2O4. The van der Waals surface area contributed by atoms with Gasteiger partial charge in [-0.25, -0.2) is 4.79 Å². The first kappa shape index (κ1) is 15.7. The minimum Gasteiger partial charge on any atom is -0.459 e. The van der Waals surface area contributed by atoms with Crippen LogP contribution in [0.15, 0.2) is 23.8 Å². The zero-order chi connectivity index (χ0) is 15.3. The van der Waals surface area contributed by atoms with Crippen molar-refractivity contribution in [3.05, 3.63) is 44.5 Å². The maximum absolute atomic E-state index is 11.6. The van der Waals surface area contributed by atoms with Gasteiger partial charge >= 0.3 is 5.97 Å². The number of rotatable bonds is 4. The van der Waals surface area contributed by atoms with Gasteiger partial charge in [-0.2, -0.15) is 5.26 Å². The summed E-state index contributed by atoms with van der Waals surface area (Å²) in [7, 11) is 0. The molecule has 0 heterocycles. The summed E-state index contributed by atoms with van der Waals surface area (Å²) < 4.78 is 4.89. The number of non-ortho nitro benzene ring substituents is 1. The number of hydrogen-bond donors (Lipinski definition) is 0. The van der Waals surface area contributed by atoms with E-state index in [2.05, 4.69) is 0 Å². The number of halogens is 1. The summed E-state index contributed by atoms with van der Waals surface area (Å²) in [5, 5.41) is 19.8. The second-order valence-corrected chi connectivity index (χ2v) is 4.49. The van der Waals surface area contributed by atoms with Crippen molar-refractivity contribution in [2.75, 3.05) is 0 Å². The van der Waals surface area contributed by atoms with Gasteiger partial charge in [0.2, 0.25) is 0 Å². The molecule has 0 N–H and O–H groups in total. The first-order valence-corrected chi connectivity index (χ1v) is 5.99. The summed E-state index contributed by atoms with van der Waals surface area (Å²) in [6.07, 6.45) is 0.792. The van der Waals surface area contributed by atoms with Crippen molar-refractivity contribution in [1.82, 2.24) is 0 Å². The van der Waals surface area contributed by atoms with Crippen molar-refractivity contribution in [1.29, 1.82) is 5.26 Å². The number of carbonyl (C=O) groups is 1. The molecule has 0 fully saturated rings. The predicted molar refractivity (Wildman–Crippen MR) is 72.9 cm³/mol. The Morgan fingerprint density at radius 3 is 2.70 bits per heavy atom. The van der Waals surface area contributed by atoms with Gasteiger partial charge < -0.3 is 4.74 Å². The van der Waals surface area contributed by atoms with E-state index in [0.29, 0.717) is 0 Å². The molecule has 0 atom stereocenters. The molecule has 0 radical (unpaired) electrons. The summed E-state index contributed by atoms with van der Waals surface area (Å²) in [6.45, 7) is 3.29. The zero-order valence-electron chi connectivity index (χ0n) is 10.8. The lowest BCUT2D eigenvalue weighted by Gasteiger charge is -2.06. The van der Waals surface area contributed by atoms with E-state index < -0.39 is 10.9 Å². The molecule has 1 aromatic rings. The molecule has 1 aromatic carbocycles. The van der Waals surface area contributed by atoms with Crippen LogP contribution >= 0.6 is 11.6 Å². The Kier molecular flexibility index (Phi) is 5.23. The van der Waals surface area contributed by atoms with Crippen LogP contribution in [0.4, 0.5) is 5.69 Å². The van der Waals surface area contributed by atoms with Crippen molar-refractivity contribution >= 4 is 29.3 Å². The first-order valence-electron chi connectivity index (χ1n) is 5.62. The number of nitrogens with zero attached hydrogens (tertiary/aromatic N) is 2. The molecule has 0 aromatic heterocycles. The third kappa shape index (κ3) is 4.07. The van der Waals surface area contributed by atoms with Gasteiger partial charge in [-0.15, -0.1) is 0 Å². The average molecular weight is 295 g/mol. The van der Waals surface area contributed by atoms with Gasteiger partial charge in [-0.3, -0.25) is 10.1 Å². The van der Waals surface area contributed by atoms with Crippen molar-refractivity contribution in [3.8, 4) is 6.07 Å². The molecule has 6 nitrogen and oxygen atoms in total. The van der Waals surface area contributed by atoms with Crippen LogP contribution in [-0.2, 0) is 9.53 Å². The molecule has 0 unspecified atom stereocenters. The Morgan fingerprint density at radius 1 is 1.55 bits per heavy atom. The van der Waals surface area contributed by atoms with Gasteiger partial charge in [-0.05, 0) is 26.0 Å². The highest BCUT2D eigenvalue weighted by Crippen LogP contribution is 2.24. The minimum atomic E-state index is -0.801. The largest absolute Gasteiger partial charge is 0.459 e. The highest BCUT2D eigenvalue weighted by atomic mass is 35.5. The second-order valence-electron chi connectivity index (χ2n) is 4.09. The van der Waals surface area contributed by atoms with Crippen LogP contribution in [0.25, 0.3) is 6.08 Å². The van der Waals surface area contributed by atoms with E-state index in [1.165, 1.54) is 24.3 Å². The summed E-state index contributed by atoms with van der Waals surface area (Å²) in [5.41, 5.74) is -0.255. The van der Waals surface area contributed by atoms with E-state index in [0.717, 1.165) is 0 Å². The molecule has 0 aliphatic rings. The van der Waals surface area contributed by atoms with Crippen molar-refractivity contribution in [3.63, 3.8) is 0 Å². The van der Waals surface area contributed by atoms with Gasteiger partial charge in [0.15, 0.2) is 0 Å². The topological polar surface area (TPSA) is 93.2 Å². The molecule has 0 saturated carbocycles. The third-order valence-corrected chi connectivity index (χ3v) is 2.52. The molecule has 0 aliphatic heterocycles. The highest BCUT2D eigenvalue weighted by Gasteiger charge is 2.15. The van der Waals surface area contributed by atoms with Crippen LogP contribution in [0.3, 0.4) is 0 Å². The number of nitriles is 1. The molecule has 0 amide bonds. The van der Waals surface area contributed by atoms with E-state index in [1.54, 1.807) is 19.9 Å². The van der Waals surface area contributed by atoms with Crippen molar-refractivity contribution in [2.45, 2.75) is 20.0 Å². The molecule has 20 heavy (non-hydrogen) atoms. The monoisotopic (exact) mass is 294 g/mol. The predicted octanol–water partition coefficient (Wildman–Crippen LogP) is 3.11. The Morgan fingerprint density at radius 2 is 2.20 bits per heavy atom. The maximum atomic E-state index is 11.6. The van der Waals surface area contributed by atoms with Crippen molar-refractivity contribution in [2.24, 2.45) is 0 Å². The van der Waals surface area contributed by atoms with Crippen LogP contribution in [0.1, 0.15) is 19.4 Å². The fourth-order valence-electron chi connectivity index (χ4n) is 1.33. The quantitative estimate of drug-likeness (QED) is 0.280. The van der Waals surface area contributed by atoms with E-state index in [4.69, 9.17) is 21.6 Å². The summed E-state index contributed by atoms with van der Waals surface area (Å²) >= 11 is 5.88. The van der Waals surface area contributed by atoms with Gasteiger partial charge in [0.25, 0.3) is 5.69 Å². The SMILES string of the molecule is CC(C)OC(=O)C(C#N)=Cc1cc([N+](=O)[O-])ccc1Cl. The van der Waals surface area contributed by atoms with Crippen LogP contribution in [0.2, 0.25) is 5.02 Å². The van der Waals surface area contributed by atoms with E-state index in [-0.39, 0.29) is 28.0 Å². The number of benzene rings is 1. The van der Waals surface area contributed by atoms with Crippen LogP contribution in [-0.4, -0.2) is 17.0 Å². The van der Waals surface area contributed by atoms with E-state index >= 15 is 0 Å². The normalized spacial score (nSPS) is 11.1. The molecule has 0 bridgehead atoms. The molecule has 104 valence electrons. The summed E-state index contributed by atoms with van der Waals surface area (Å²) in [4.78, 5) is 21.7. The highest BCUT2D eigenvalue weighted by molar-refractivity contribution is 6.32. The summed E-state index contributed by atoms with van der Waals surface area (Å²) in [6, 6.07) is 5.43. The number of carbonyl (C=O) groups excluding carboxylic acids is 1. The zero-order valence-corrected chi connectivity index (χ0v) is 11.5. The number of hydrogen-bond acceptors (Lipinski definition) is 5. The lowest BCUT2D eigenvalue weighted by atomic mass is 10.1. The number of esters is 1. The van der Waals surface area contributed by atoms with Crippen LogP contribution in [0, 0.1) is 21.4 Å². The Balaban J connectivity index is 3.19. The Bertz CT molecular complexity index is 617.